The molecule has 0 bridgehead atoms. The predicted molar refractivity (Wildman–Crippen MR) is 75.3 cm³/mol. The first-order valence-corrected chi connectivity index (χ1v) is 6.28. The third-order valence-electron chi connectivity index (χ3n) is 2.91. The molecular weight excluding hydrogens is 220 g/mol. The van der Waals surface area contributed by atoms with Crippen molar-refractivity contribution in [2.75, 3.05) is 0 Å². The molecule has 2 rings (SSSR count). The van der Waals surface area contributed by atoms with Crippen LogP contribution < -0.4 is 0 Å². The van der Waals surface area contributed by atoms with Gasteiger partial charge in [0, 0.05) is 0 Å². The highest BCUT2D eigenvalue weighted by molar-refractivity contribution is 5.19. The molecule has 2 aromatic rings. The highest BCUT2D eigenvalue weighted by Gasteiger charge is 2.03. The summed E-state index contributed by atoms with van der Waals surface area (Å²) in [4.78, 5) is 0. The molecule has 0 radical (unpaired) electrons. The van der Waals surface area contributed by atoms with Gasteiger partial charge >= 0.3 is 0 Å². The van der Waals surface area contributed by atoms with Gasteiger partial charge < -0.3 is 5.11 Å². The lowest BCUT2D eigenvalue weighted by atomic mass is 10.1. The van der Waals surface area contributed by atoms with Gasteiger partial charge in [0.1, 0.15) is 0 Å². The van der Waals surface area contributed by atoms with Crippen molar-refractivity contribution in [3.8, 4) is 0 Å². The Morgan fingerprint density at radius 3 is 2.11 bits per heavy atom. The number of aliphatic hydroxyl groups excluding tert-OH is 1. The fraction of sp³-hybridized carbons (Fsp3) is 0.176. The van der Waals surface area contributed by atoms with E-state index in [-0.39, 0.29) is 0 Å². The maximum atomic E-state index is 9.97. The van der Waals surface area contributed by atoms with Gasteiger partial charge in [-0.3, -0.25) is 0 Å². The van der Waals surface area contributed by atoms with Crippen molar-refractivity contribution in [1.82, 2.24) is 0 Å². The van der Waals surface area contributed by atoms with Crippen LogP contribution in [0, 0.1) is 0 Å². The first kappa shape index (κ1) is 12.6. The van der Waals surface area contributed by atoms with Crippen LogP contribution in [0.15, 0.2) is 72.8 Å². The molecule has 1 N–H and O–H groups in total. The van der Waals surface area contributed by atoms with E-state index in [2.05, 4.69) is 18.2 Å². The number of rotatable bonds is 5. The van der Waals surface area contributed by atoms with Crippen molar-refractivity contribution >= 4 is 0 Å². The van der Waals surface area contributed by atoms with Crippen LogP contribution >= 0.6 is 0 Å². The molecule has 1 nitrogen and oxygen atoms in total. The Kier molecular flexibility index (Phi) is 4.74. The predicted octanol–water partition coefficient (Wildman–Crippen LogP) is 3.91. The van der Waals surface area contributed by atoms with Crippen molar-refractivity contribution in [2.45, 2.75) is 18.9 Å². The molecule has 0 aliphatic heterocycles. The fourth-order valence-electron chi connectivity index (χ4n) is 1.87. The van der Waals surface area contributed by atoms with Gasteiger partial charge in [0.2, 0.25) is 0 Å². The van der Waals surface area contributed by atoms with Crippen LogP contribution in [0.1, 0.15) is 23.7 Å². The zero-order valence-electron chi connectivity index (χ0n) is 10.4. The van der Waals surface area contributed by atoms with E-state index < -0.39 is 6.10 Å². The van der Waals surface area contributed by atoms with Crippen molar-refractivity contribution in [2.24, 2.45) is 0 Å². The SMILES string of the molecule is OC(C/C=C/Cc1ccccc1)c1ccccc1. The van der Waals surface area contributed by atoms with E-state index in [4.69, 9.17) is 0 Å². The van der Waals surface area contributed by atoms with E-state index in [0.717, 1.165) is 12.0 Å². The van der Waals surface area contributed by atoms with E-state index in [9.17, 15) is 5.11 Å². The van der Waals surface area contributed by atoms with Gasteiger partial charge in [-0.1, -0.05) is 72.8 Å². The van der Waals surface area contributed by atoms with Gasteiger partial charge in [0.15, 0.2) is 0 Å². The molecule has 0 aliphatic rings. The van der Waals surface area contributed by atoms with Crippen molar-refractivity contribution < 1.29 is 5.11 Å². The van der Waals surface area contributed by atoms with E-state index in [1.807, 2.05) is 54.6 Å². The molecule has 1 atom stereocenters. The number of allylic oxidation sites excluding steroid dienone is 1. The van der Waals surface area contributed by atoms with Gasteiger partial charge in [-0.2, -0.15) is 0 Å². The van der Waals surface area contributed by atoms with Gasteiger partial charge in [0.05, 0.1) is 6.10 Å². The molecule has 0 aliphatic carbocycles. The maximum Gasteiger partial charge on any atom is 0.0824 e. The summed E-state index contributed by atoms with van der Waals surface area (Å²) in [6.45, 7) is 0. The molecular formula is C17H18O. The summed E-state index contributed by atoms with van der Waals surface area (Å²) in [7, 11) is 0. The van der Waals surface area contributed by atoms with Crippen LogP contribution in [0.3, 0.4) is 0 Å². The molecule has 0 saturated carbocycles. The Morgan fingerprint density at radius 1 is 0.833 bits per heavy atom. The monoisotopic (exact) mass is 238 g/mol. The summed E-state index contributed by atoms with van der Waals surface area (Å²) in [6.07, 6.45) is 5.34. The second-order valence-electron chi connectivity index (χ2n) is 4.32. The van der Waals surface area contributed by atoms with Crippen LogP contribution in [-0.4, -0.2) is 5.11 Å². The van der Waals surface area contributed by atoms with Crippen molar-refractivity contribution in [3.05, 3.63) is 83.9 Å². The summed E-state index contributed by atoms with van der Waals surface area (Å²) < 4.78 is 0. The minimum atomic E-state index is -0.404. The standard InChI is InChI=1S/C17H18O/c18-17(16-12-5-2-6-13-16)14-8-7-11-15-9-3-1-4-10-15/h1-10,12-13,17-18H,11,14H2/b8-7+. The Hall–Kier alpha value is -1.86. The maximum absolute atomic E-state index is 9.97. The van der Waals surface area contributed by atoms with Crippen LogP contribution in [0.5, 0.6) is 0 Å². The van der Waals surface area contributed by atoms with Crippen molar-refractivity contribution in [3.63, 3.8) is 0 Å². The van der Waals surface area contributed by atoms with Crippen LogP contribution in [0.2, 0.25) is 0 Å². The molecule has 0 heterocycles. The first-order chi connectivity index (χ1) is 8.86. The molecule has 0 fully saturated rings. The molecule has 1 heteroatoms. The second-order valence-corrected chi connectivity index (χ2v) is 4.32. The molecule has 0 amide bonds. The van der Waals surface area contributed by atoms with E-state index in [1.54, 1.807) is 0 Å². The van der Waals surface area contributed by atoms with Crippen LogP contribution in [0.4, 0.5) is 0 Å². The van der Waals surface area contributed by atoms with E-state index in [0.29, 0.717) is 6.42 Å². The molecule has 92 valence electrons. The van der Waals surface area contributed by atoms with Gasteiger partial charge in [0.25, 0.3) is 0 Å². The van der Waals surface area contributed by atoms with Crippen LogP contribution in [-0.2, 0) is 6.42 Å². The summed E-state index contributed by atoms with van der Waals surface area (Å²) >= 11 is 0. The Bertz CT molecular complexity index is 473. The molecule has 2 aromatic carbocycles. The minimum Gasteiger partial charge on any atom is -0.388 e. The number of hydrogen-bond donors (Lipinski definition) is 1. The highest BCUT2D eigenvalue weighted by atomic mass is 16.3. The van der Waals surface area contributed by atoms with Crippen molar-refractivity contribution in [1.29, 1.82) is 0 Å². The second kappa shape index (κ2) is 6.77. The summed E-state index contributed by atoms with van der Waals surface area (Å²) in [5.74, 6) is 0. The average Bonchev–Trinajstić information content (AvgIpc) is 2.45. The number of benzene rings is 2. The zero-order valence-corrected chi connectivity index (χ0v) is 10.4. The zero-order chi connectivity index (χ0) is 12.6. The largest absolute Gasteiger partial charge is 0.388 e. The molecule has 0 aromatic heterocycles. The third-order valence-corrected chi connectivity index (χ3v) is 2.91. The van der Waals surface area contributed by atoms with E-state index in [1.165, 1.54) is 5.56 Å². The first-order valence-electron chi connectivity index (χ1n) is 6.28. The lowest BCUT2D eigenvalue weighted by Crippen LogP contribution is -1.94. The third kappa shape index (κ3) is 3.86. The van der Waals surface area contributed by atoms with Gasteiger partial charge in [-0.05, 0) is 24.0 Å². The lowest BCUT2D eigenvalue weighted by molar-refractivity contribution is 0.181. The number of aliphatic hydroxyl groups is 1. The number of hydrogen-bond acceptors (Lipinski definition) is 1. The fourth-order valence-corrected chi connectivity index (χ4v) is 1.87. The molecule has 1 unspecified atom stereocenters. The normalized spacial score (nSPS) is 12.7. The van der Waals surface area contributed by atoms with Gasteiger partial charge in [-0.25, -0.2) is 0 Å². The lowest BCUT2D eigenvalue weighted by Gasteiger charge is -2.07. The molecule has 0 saturated heterocycles. The summed E-state index contributed by atoms with van der Waals surface area (Å²) in [5, 5.41) is 9.97. The average molecular weight is 238 g/mol. The van der Waals surface area contributed by atoms with Gasteiger partial charge in [-0.15, -0.1) is 0 Å². The summed E-state index contributed by atoms with van der Waals surface area (Å²) in [6, 6.07) is 20.1. The summed E-state index contributed by atoms with van der Waals surface area (Å²) in [5.41, 5.74) is 2.27. The smallest absolute Gasteiger partial charge is 0.0824 e. The quantitative estimate of drug-likeness (QED) is 0.783. The Labute approximate surface area is 108 Å². The van der Waals surface area contributed by atoms with Crippen LogP contribution in [0.25, 0.3) is 0 Å². The molecule has 0 spiro atoms. The topological polar surface area (TPSA) is 20.2 Å². The Morgan fingerprint density at radius 2 is 1.44 bits per heavy atom. The Balaban J connectivity index is 1.81. The highest BCUT2D eigenvalue weighted by Crippen LogP contribution is 2.16. The molecule has 18 heavy (non-hydrogen) atoms. The minimum absolute atomic E-state index is 0.404. The van der Waals surface area contributed by atoms with E-state index >= 15 is 0 Å².